The van der Waals surface area contributed by atoms with Crippen LogP contribution in [0.1, 0.15) is 32.0 Å². The summed E-state index contributed by atoms with van der Waals surface area (Å²) in [4.78, 5) is 27.9. The first-order chi connectivity index (χ1) is 16.0. The SMILES string of the molecule is Cc1ccc(C(=O)Nc2ccc(C(=O)N3CCc4cccn4-c4ccccc43)cc2)c(Cl)c1. The van der Waals surface area contributed by atoms with Crippen molar-refractivity contribution in [1.82, 2.24) is 4.57 Å². The molecule has 1 aliphatic heterocycles. The van der Waals surface area contributed by atoms with Gasteiger partial charge in [-0.3, -0.25) is 9.59 Å². The molecule has 0 atom stereocenters. The van der Waals surface area contributed by atoms with Gasteiger partial charge in [0.25, 0.3) is 11.8 Å². The molecule has 2 heterocycles. The van der Waals surface area contributed by atoms with Gasteiger partial charge in [0, 0.05) is 36.1 Å². The molecule has 5 nitrogen and oxygen atoms in total. The highest BCUT2D eigenvalue weighted by molar-refractivity contribution is 6.34. The number of nitrogens with one attached hydrogen (secondary N) is 1. The Balaban J connectivity index is 1.37. The number of para-hydroxylation sites is 2. The molecule has 0 saturated carbocycles. The highest BCUT2D eigenvalue weighted by Gasteiger charge is 2.24. The molecule has 5 rings (SSSR count). The monoisotopic (exact) mass is 455 g/mol. The van der Waals surface area contributed by atoms with Gasteiger partial charge in [0.2, 0.25) is 0 Å². The summed E-state index contributed by atoms with van der Waals surface area (Å²) in [6, 6.07) is 24.3. The largest absolute Gasteiger partial charge is 0.322 e. The maximum Gasteiger partial charge on any atom is 0.258 e. The van der Waals surface area contributed by atoms with Crippen molar-refractivity contribution in [1.29, 1.82) is 0 Å². The van der Waals surface area contributed by atoms with Gasteiger partial charge >= 0.3 is 0 Å². The lowest BCUT2D eigenvalue weighted by molar-refractivity contribution is 0.0986. The van der Waals surface area contributed by atoms with Crippen LogP contribution in [0.5, 0.6) is 0 Å². The third kappa shape index (κ3) is 4.03. The maximum atomic E-state index is 13.4. The fourth-order valence-corrected chi connectivity index (χ4v) is 4.48. The molecule has 1 aromatic heterocycles. The average molecular weight is 456 g/mol. The summed E-state index contributed by atoms with van der Waals surface area (Å²) in [7, 11) is 0. The average Bonchev–Trinajstić information content (AvgIpc) is 3.22. The van der Waals surface area contributed by atoms with Crippen molar-refractivity contribution in [3.05, 3.63) is 112 Å². The molecule has 0 radical (unpaired) electrons. The Morgan fingerprint density at radius 1 is 0.909 bits per heavy atom. The summed E-state index contributed by atoms with van der Waals surface area (Å²) >= 11 is 6.21. The number of aryl methyl sites for hydroxylation is 1. The molecule has 0 unspecified atom stereocenters. The van der Waals surface area contributed by atoms with Crippen molar-refractivity contribution in [2.45, 2.75) is 13.3 Å². The van der Waals surface area contributed by atoms with E-state index in [1.54, 1.807) is 36.4 Å². The molecule has 0 fully saturated rings. The summed E-state index contributed by atoms with van der Waals surface area (Å²) in [6.07, 6.45) is 2.79. The molecule has 0 saturated heterocycles. The van der Waals surface area contributed by atoms with Crippen LogP contribution in [-0.4, -0.2) is 22.9 Å². The number of benzene rings is 3. The van der Waals surface area contributed by atoms with Crippen molar-refractivity contribution >= 4 is 34.8 Å². The molecule has 6 heteroatoms. The van der Waals surface area contributed by atoms with Crippen molar-refractivity contribution in [3.63, 3.8) is 0 Å². The van der Waals surface area contributed by atoms with Crippen LogP contribution in [0, 0.1) is 6.92 Å². The Hall–Kier alpha value is -3.83. The molecule has 1 N–H and O–H groups in total. The van der Waals surface area contributed by atoms with E-state index in [-0.39, 0.29) is 11.8 Å². The number of anilines is 2. The van der Waals surface area contributed by atoms with E-state index in [4.69, 9.17) is 11.6 Å². The van der Waals surface area contributed by atoms with E-state index in [0.29, 0.717) is 28.4 Å². The van der Waals surface area contributed by atoms with Crippen LogP contribution in [0.4, 0.5) is 11.4 Å². The Labute approximate surface area is 197 Å². The van der Waals surface area contributed by atoms with E-state index >= 15 is 0 Å². The first-order valence-electron chi connectivity index (χ1n) is 10.8. The van der Waals surface area contributed by atoms with E-state index in [1.165, 1.54) is 5.69 Å². The predicted molar refractivity (Wildman–Crippen MR) is 132 cm³/mol. The Morgan fingerprint density at radius 3 is 2.42 bits per heavy atom. The molecule has 4 aromatic rings. The topological polar surface area (TPSA) is 54.3 Å². The third-order valence-electron chi connectivity index (χ3n) is 5.86. The molecule has 0 bridgehead atoms. The molecule has 164 valence electrons. The number of rotatable bonds is 3. The number of hydrogen-bond donors (Lipinski definition) is 1. The van der Waals surface area contributed by atoms with Gasteiger partial charge in [-0.1, -0.05) is 29.8 Å². The van der Waals surface area contributed by atoms with Crippen molar-refractivity contribution in [2.24, 2.45) is 0 Å². The summed E-state index contributed by atoms with van der Waals surface area (Å²) in [6.45, 7) is 2.51. The van der Waals surface area contributed by atoms with Gasteiger partial charge in [-0.05, 0) is 73.2 Å². The second kappa shape index (κ2) is 8.60. The van der Waals surface area contributed by atoms with E-state index in [2.05, 4.69) is 16.0 Å². The Bertz CT molecular complexity index is 1360. The fraction of sp³-hybridized carbons (Fsp3) is 0.111. The molecule has 2 amide bonds. The van der Waals surface area contributed by atoms with E-state index < -0.39 is 0 Å². The minimum Gasteiger partial charge on any atom is -0.322 e. The van der Waals surface area contributed by atoms with Gasteiger partial charge in [0.05, 0.1) is 22.0 Å². The predicted octanol–water partition coefficient (Wildman–Crippen LogP) is 5.89. The zero-order valence-corrected chi connectivity index (χ0v) is 18.8. The summed E-state index contributed by atoms with van der Waals surface area (Å²) in [5, 5.41) is 3.25. The van der Waals surface area contributed by atoms with Crippen molar-refractivity contribution in [2.75, 3.05) is 16.8 Å². The van der Waals surface area contributed by atoms with E-state index in [1.807, 2.05) is 54.4 Å². The first-order valence-corrected chi connectivity index (χ1v) is 11.1. The Morgan fingerprint density at radius 2 is 1.67 bits per heavy atom. The minimum atomic E-state index is -0.289. The van der Waals surface area contributed by atoms with Crippen LogP contribution in [0.2, 0.25) is 5.02 Å². The normalized spacial score (nSPS) is 12.5. The van der Waals surface area contributed by atoms with Crippen molar-refractivity contribution < 1.29 is 9.59 Å². The molecular formula is C27H22ClN3O2. The molecule has 0 spiro atoms. The smallest absolute Gasteiger partial charge is 0.258 e. The van der Waals surface area contributed by atoms with Gasteiger partial charge in [-0.25, -0.2) is 0 Å². The highest BCUT2D eigenvalue weighted by Crippen LogP contribution is 2.30. The van der Waals surface area contributed by atoms with Crippen LogP contribution in [0.25, 0.3) is 5.69 Å². The number of halogens is 1. The van der Waals surface area contributed by atoms with Crippen LogP contribution < -0.4 is 10.2 Å². The number of hydrogen-bond acceptors (Lipinski definition) is 2. The number of amides is 2. The summed E-state index contributed by atoms with van der Waals surface area (Å²) in [5.41, 5.74) is 5.59. The number of nitrogens with zero attached hydrogens (tertiary/aromatic N) is 2. The summed E-state index contributed by atoms with van der Waals surface area (Å²) < 4.78 is 2.14. The standard InChI is InChI=1S/C27H22ClN3O2/c1-18-8-13-22(23(28)17-18)26(32)29-20-11-9-19(10-12-20)27(33)31-16-14-21-5-4-15-30(21)24-6-2-3-7-25(24)31/h2-13,15,17H,14,16H2,1H3,(H,29,32). The van der Waals surface area contributed by atoms with Gasteiger partial charge in [-0.2, -0.15) is 0 Å². The van der Waals surface area contributed by atoms with Crippen LogP contribution >= 0.6 is 11.6 Å². The Kier molecular flexibility index (Phi) is 5.48. The number of aromatic nitrogens is 1. The molecule has 1 aliphatic rings. The van der Waals surface area contributed by atoms with Crippen LogP contribution in [0.15, 0.2) is 85.1 Å². The fourth-order valence-electron chi connectivity index (χ4n) is 4.16. The lowest BCUT2D eigenvalue weighted by Crippen LogP contribution is -2.32. The lowest BCUT2D eigenvalue weighted by Gasteiger charge is -2.23. The van der Waals surface area contributed by atoms with Crippen molar-refractivity contribution in [3.8, 4) is 5.69 Å². The first kappa shape index (κ1) is 21.0. The van der Waals surface area contributed by atoms with Gasteiger partial charge in [0.15, 0.2) is 0 Å². The molecule has 33 heavy (non-hydrogen) atoms. The van der Waals surface area contributed by atoms with Crippen LogP contribution in [0.3, 0.4) is 0 Å². The molecule has 0 aliphatic carbocycles. The zero-order valence-electron chi connectivity index (χ0n) is 18.1. The summed E-state index contributed by atoms with van der Waals surface area (Å²) in [5.74, 6) is -0.366. The van der Waals surface area contributed by atoms with Gasteiger partial charge in [0.1, 0.15) is 0 Å². The maximum absolute atomic E-state index is 13.4. The lowest BCUT2D eigenvalue weighted by atomic mass is 10.1. The second-order valence-electron chi connectivity index (χ2n) is 8.08. The van der Waals surface area contributed by atoms with Gasteiger partial charge in [-0.15, -0.1) is 0 Å². The number of fused-ring (bicyclic) bond motifs is 3. The van der Waals surface area contributed by atoms with E-state index in [9.17, 15) is 9.59 Å². The third-order valence-corrected chi connectivity index (χ3v) is 6.17. The quantitative estimate of drug-likeness (QED) is 0.418. The number of carbonyl (C=O) groups is 2. The molecule has 3 aromatic carbocycles. The van der Waals surface area contributed by atoms with Gasteiger partial charge < -0.3 is 14.8 Å². The molecular weight excluding hydrogens is 434 g/mol. The van der Waals surface area contributed by atoms with Crippen LogP contribution in [-0.2, 0) is 6.42 Å². The zero-order chi connectivity index (χ0) is 22.9. The number of carbonyl (C=O) groups excluding carboxylic acids is 2. The minimum absolute atomic E-state index is 0.0762. The highest BCUT2D eigenvalue weighted by atomic mass is 35.5. The second-order valence-corrected chi connectivity index (χ2v) is 8.49. The van der Waals surface area contributed by atoms with E-state index in [0.717, 1.165) is 23.4 Å².